The number of para-hydroxylation sites is 1. The van der Waals surface area contributed by atoms with Crippen LogP contribution in [0.25, 0.3) is 10.5 Å². The molecule has 1 aromatic carbocycles. The number of allylic oxidation sites excluding steroid dienone is 1. The normalized spacial score (nSPS) is 23.8. The second kappa shape index (κ2) is 6.64. The molecule has 9 heteroatoms. The number of anilines is 1. The molecule has 2 unspecified atom stereocenters. The Morgan fingerprint density at radius 2 is 2.00 bits per heavy atom. The number of thiazole rings is 1. The summed E-state index contributed by atoms with van der Waals surface area (Å²) in [4.78, 5) is 33.0. The standard InChI is InChI=1S/C21H18Cl2N4O2S/c1-4-26-12-8-6-5-7-10(12)14(18(26)28)16-19(29)27-20(30-16)24-17(25-27)15-11(9-13(22)23)21(15,2)3/h5-9,11,15H,4H2,1-3H3. The maximum Gasteiger partial charge on any atom is 0.291 e. The van der Waals surface area contributed by atoms with Crippen molar-refractivity contribution in [1.82, 2.24) is 14.6 Å². The third-order valence-corrected chi connectivity index (χ3v) is 7.42. The van der Waals surface area contributed by atoms with Crippen LogP contribution in [0, 0.1) is 11.3 Å². The number of amides is 1. The van der Waals surface area contributed by atoms with Gasteiger partial charge in [-0.3, -0.25) is 9.59 Å². The van der Waals surface area contributed by atoms with Crippen LogP contribution < -0.4 is 15.0 Å². The van der Waals surface area contributed by atoms with Gasteiger partial charge in [-0.25, -0.2) is 4.98 Å². The lowest BCUT2D eigenvalue weighted by molar-refractivity contribution is -0.113. The number of fused-ring (bicyclic) bond motifs is 2. The monoisotopic (exact) mass is 460 g/mol. The first-order valence-corrected chi connectivity index (χ1v) is 11.2. The molecule has 154 valence electrons. The van der Waals surface area contributed by atoms with Gasteiger partial charge < -0.3 is 4.90 Å². The Morgan fingerprint density at radius 1 is 1.27 bits per heavy atom. The van der Waals surface area contributed by atoms with E-state index >= 15 is 0 Å². The smallest absolute Gasteiger partial charge is 0.291 e. The molecule has 2 atom stereocenters. The topological polar surface area (TPSA) is 67.6 Å². The highest BCUT2D eigenvalue weighted by Gasteiger charge is 2.59. The maximum absolute atomic E-state index is 13.2. The van der Waals surface area contributed by atoms with E-state index in [2.05, 4.69) is 23.9 Å². The zero-order valence-electron chi connectivity index (χ0n) is 16.5. The molecule has 1 amide bonds. The Bertz CT molecular complexity index is 1350. The van der Waals surface area contributed by atoms with Gasteiger partial charge in [-0.15, -0.1) is 5.10 Å². The van der Waals surface area contributed by atoms with Crippen molar-refractivity contribution in [2.24, 2.45) is 11.3 Å². The van der Waals surface area contributed by atoms with Gasteiger partial charge in [-0.2, -0.15) is 4.52 Å². The van der Waals surface area contributed by atoms with Crippen molar-refractivity contribution in [3.63, 3.8) is 0 Å². The fourth-order valence-electron chi connectivity index (χ4n) is 4.46. The second-order valence-corrected chi connectivity index (χ2v) is 10.1. The average Bonchev–Trinajstić information content (AvgIpc) is 3.03. The summed E-state index contributed by atoms with van der Waals surface area (Å²) in [7, 11) is 0. The number of hydrogen-bond donors (Lipinski definition) is 0. The molecular weight excluding hydrogens is 443 g/mol. The Labute approximate surface area is 186 Å². The van der Waals surface area contributed by atoms with Crippen molar-refractivity contribution in [1.29, 1.82) is 0 Å². The first-order valence-electron chi connectivity index (χ1n) is 9.63. The zero-order valence-corrected chi connectivity index (χ0v) is 18.8. The predicted octanol–water partition coefficient (Wildman–Crippen LogP) is 3.49. The maximum atomic E-state index is 13.2. The molecule has 6 nitrogen and oxygen atoms in total. The van der Waals surface area contributed by atoms with Crippen LogP contribution in [0.5, 0.6) is 0 Å². The first-order chi connectivity index (χ1) is 14.3. The molecule has 30 heavy (non-hydrogen) atoms. The fraction of sp³-hybridized carbons (Fsp3) is 0.333. The molecule has 0 N–H and O–H groups in total. The molecule has 2 aromatic heterocycles. The van der Waals surface area contributed by atoms with E-state index in [1.807, 2.05) is 31.2 Å². The van der Waals surface area contributed by atoms with Crippen LogP contribution in [-0.2, 0) is 4.79 Å². The molecule has 0 spiro atoms. The second-order valence-electron chi connectivity index (χ2n) is 8.12. The van der Waals surface area contributed by atoms with Gasteiger partial charge in [0.1, 0.15) is 9.02 Å². The minimum Gasteiger partial charge on any atom is -0.308 e. The highest BCUT2D eigenvalue weighted by Crippen LogP contribution is 2.64. The Morgan fingerprint density at radius 3 is 2.67 bits per heavy atom. The molecule has 3 heterocycles. The lowest BCUT2D eigenvalue weighted by Crippen LogP contribution is -2.32. The molecule has 5 rings (SSSR count). The van der Waals surface area contributed by atoms with E-state index in [1.165, 1.54) is 15.9 Å². The molecule has 2 aliphatic rings. The molecule has 1 saturated carbocycles. The third-order valence-electron chi connectivity index (χ3n) is 6.13. The molecule has 0 saturated heterocycles. The summed E-state index contributed by atoms with van der Waals surface area (Å²) in [5.74, 6) is 0.594. The van der Waals surface area contributed by atoms with Crippen LogP contribution in [0.15, 0.2) is 39.6 Å². The van der Waals surface area contributed by atoms with E-state index in [-0.39, 0.29) is 33.2 Å². The number of benzene rings is 1. The minimum absolute atomic E-state index is 0.0389. The van der Waals surface area contributed by atoms with Crippen molar-refractivity contribution in [2.45, 2.75) is 26.7 Å². The number of carbonyl (C=O) groups is 1. The lowest BCUT2D eigenvalue weighted by Gasteiger charge is -2.13. The van der Waals surface area contributed by atoms with E-state index in [9.17, 15) is 9.59 Å². The summed E-state index contributed by atoms with van der Waals surface area (Å²) in [6.07, 6.45) is 1.80. The van der Waals surface area contributed by atoms with Crippen LogP contribution in [0.4, 0.5) is 5.69 Å². The van der Waals surface area contributed by atoms with Crippen molar-refractivity contribution in [3.8, 4) is 0 Å². The number of likely N-dealkylation sites (N-methyl/N-ethyl adjacent to an activating group) is 1. The van der Waals surface area contributed by atoms with E-state index in [1.54, 1.807) is 11.0 Å². The van der Waals surface area contributed by atoms with Gasteiger partial charge in [0.25, 0.3) is 11.5 Å². The largest absolute Gasteiger partial charge is 0.308 e. The van der Waals surface area contributed by atoms with Crippen molar-refractivity contribution >= 4 is 56.7 Å². The number of hydrogen-bond acceptors (Lipinski definition) is 5. The van der Waals surface area contributed by atoms with Crippen molar-refractivity contribution < 1.29 is 4.79 Å². The van der Waals surface area contributed by atoms with Gasteiger partial charge in [0.05, 0.1) is 11.3 Å². The van der Waals surface area contributed by atoms with E-state index in [0.717, 1.165) is 11.3 Å². The van der Waals surface area contributed by atoms with E-state index in [4.69, 9.17) is 23.2 Å². The molecule has 0 bridgehead atoms. The van der Waals surface area contributed by atoms with E-state index < -0.39 is 0 Å². The quantitative estimate of drug-likeness (QED) is 0.599. The summed E-state index contributed by atoms with van der Waals surface area (Å²) >= 11 is 12.9. The molecule has 1 aliphatic heterocycles. The molecule has 0 radical (unpaired) electrons. The summed E-state index contributed by atoms with van der Waals surface area (Å²) in [6.45, 7) is 6.64. The van der Waals surface area contributed by atoms with Crippen molar-refractivity contribution in [2.75, 3.05) is 11.4 Å². The number of aromatic nitrogens is 3. The van der Waals surface area contributed by atoms with Crippen LogP contribution in [-0.4, -0.2) is 27.0 Å². The SMILES string of the molecule is CCN1C(=O)C(=c2sc3nc(C4C(C=C(Cl)Cl)C4(C)C)nn3c2=O)c2ccccc21. The summed E-state index contributed by atoms with van der Waals surface area (Å²) in [5.41, 5.74) is 1.63. The highest BCUT2D eigenvalue weighted by molar-refractivity contribution is 7.15. The van der Waals surface area contributed by atoms with Crippen LogP contribution in [0.3, 0.4) is 0 Å². The van der Waals surface area contributed by atoms with Gasteiger partial charge in [0.2, 0.25) is 4.96 Å². The lowest BCUT2D eigenvalue weighted by atomic mass is 10.1. The summed E-state index contributed by atoms with van der Waals surface area (Å²) < 4.78 is 1.91. The molecule has 3 aromatic rings. The van der Waals surface area contributed by atoms with Gasteiger partial charge in [0.15, 0.2) is 5.82 Å². The highest BCUT2D eigenvalue weighted by atomic mass is 35.5. The van der Waals surface area contributed by atoms with E-state index in [0.29, 0.717) is 27.4 Å². The van der Waals surface area contributed by atoms with Crippen molar-refractivity contribution in [3.05, 3.63) is 61.1 Å². The third kappa shape index (κ3) is 2.69. The summed E-state index contributed by atoms with van der Waals surface area (Å²) in [5, 5.41) is 4.49. The number of rotatable bonds is 3. The molecule has 1 fully saturated rings. The minimum atomic E-state index is -0.314. The average molecular weight is 461 g/mol. The number of carbonyl (C=O) groups excluding carboxylic acids is 1. The Kier molecular flexibility index (Phi) is 4.36. The zero-order chi connectivity index (χ0) is 21.4. The first kappa shape index (κ1) is 19.7. The van der Waals surface area contributed by atoms with Gasteiger partial charge in [0, 0.05) is 18.0 Å². The Hall–Kier alpha value is -2.22. The van der Waals surface area contributed by atoms with Gasteiger partial charge in [-0.05, 0) is 30.4 Å². The van der Waals surface area contributed by atoms with Crippen LogP contribution >= 0.6 is 34.5 Å². The fourth-order valence-corrected chi connectivity index (χ4v) is 5.74. The van der Waals surface area contributed by atoms with Gasteiger partial charge in [-0.1, -0.05) is 66.6 Å². The number of nitrogens with zero attached hydrogens (tertiary/aromatic N) is 4. The van der Waals surface area contributed by atoms with Crippen LogP contribution in [0.1, 0.15) is 38.1 Å². The summed E-state index contributed by atoms with van der Waals surface area (Å²) in [6, 6.07) is 7.53. The van der Waals surface area contributed by atoms with Gasteiger partial charge >= 0.3 is 0 Å². The Balaban J connectivity index is 1.65. The molecular formula is C21H18Cl2N4O2S. The molecule has 1 aliphatic carbocycles. The number of halogens is 2. The van der Waals surface area contributed by atoms with Crippen LogP contribution in [0.2, 0.25) is 0 Å². The predicted molar refractivity (Wildman–Crippen MR) is 119 cm³/mol.